The molecule has 0 spiro atoms. The minimum atomic E-state index is 0.970. The van der Waals surface area contributed by atoms with Crippen molar-refractivity contribution in [3.63, 3.8) is 0 Å². The van der Waals surface area contributed by atoms with Crippen molar-refractivity contribution in [1.29, 1.82) is 0 Å². The van der Waals surface area contributed by atoms with Crippen LogP contribution in [0.5, 0.6) is 0 Å². The number of aromatic nitrogens is 3. The molecule has 0 aromatic carbocycles. The molecule has 0 amide bonds. The molecule has 0 aliphatic carbocycles. The van der Waals surface area contributed by atoms with Crippen LogP contribution in [-0.4, -0.2) is 14.4 Å². The summed E-state index contributed by atoms with van der Waals surface area (Å²) >= 11 is 0. The molecule has 0 aliphatic rings. The van der Waals surface area contributed by atoms with Crippen LogP contribution in [0, 0.1) is 6.92 Å². The summed E-state index contributed by atoms with van der Waals surface area (Å²) < 4.78 is 2.10. The first-order valence-corrected chi connectivity index (χ1v) is 5.19. The summed E-state index contributed by atoms with van der Waals surface area (Å²) in [5.74, 6) is 0. The topological polar surface area (TPSA) is 30.2 Å². The number of fused-ring (bicyclic) bond motifs is 1. The largest absolute Gasteiger partial charge is 0.299 e. The van der Waals surface area contributed by atoms with E-state index in [1.54, 1.807) is 12.4 Å². The molecule has 0 N–H and O–H groups in total. The maximum Gasteiger partial charge on any atom is 0.137 e. The Balaban J connectivity index is 2.29. The van der Waals surface area contributed by atoms with E-state index < -0.39 is 0 Å². The Hall–Kier alpha value is -2.16. The molecule has 3 nitrogen and oxygen atoms in total. The van der Waals surface area contributed by atoms with E-state index in [2.05, 4.69) is 33.6 Å². The molecule has 3 heterocycles. The van der Waals surface area contributed by atoms with Crippen molar-refractivity contribution in [2.75, 3.05) is 0 Å². The normalized spacial score (nSPS) is 10.8. The lowest BCUT2D eigenvalue weighted by atomic mass is 10.2. The number of rotatable bonds is 1. The Kier molecular flexibility index (Phi) is 1.96. The summed E-state index contributed by atoms with van der Waals surface area (Å²) in [4.78, 5) is 8.40. The van der Waals surface area contributed by atoms with Crippen molar-refractivity contribution in [2.24, 2.45) is 0 Å². The van der Waals surface area contributed by atoms with E-state index in [1.165, 1.54) is 5.56 Å². The van der Waals surface area contributed by atoms with Crippen molar-refractivity contribution in [2.45, 2.75) is 6.92 Å². The SMILES string of the molecule is Cc1ccc2ncc(-c3ccncc3)n2c1. The quantitative estimate of drug-likeness (QED) is 0.616. The zero-order chi connectivity index (χ0) is 11.0. The predicted octanol–water partition coefficient (Wildman–Crippen LogP) is 2.70. The van der Waals surface area contributed by atoms with Gasteiger partial charge < -0.3 is 0 Å². The van der Waals surface area contributed by atoms with Crippen LogP contribution in [0.2, 0.25) is 0 Å². The molecule has 0 fully saturated rings. The van der Waals surface area contributed by atoms with E-state index in [0.29, 0.717) is 0 Å². The van der Waals surface area contributed by atoms with Gasteiger partial charge in [0.25, 0.3) is 0 Å². The highest BCUT2D eigenvalue weighted by Gasteiger charge is 2.04. The van der Waals surface area contributed by atoms with Crippen LogP contribution < -0.4 is 0 Å². The average Bonchev–Trinajstić information content (AvgIpc) is 2.73. The van der Waals surface area contributed by atoms with E-state index in [4.69, 9.17) is 0 Å². The molecule has 0 unspecified atom stereocenters. The smallest absolute Gasteiger partial charge is 0.137 e. The van der Waals surface area contributed by atoms with Gasteiger partial charge in [-0.3, -0.25) is 9.38 Å². The fourth-order valence-corrected chi connectivity index (χ4v) is 1.82. The van der Waals surface area contributed by atoms with Crippen LogP contribution in [0.4, 0.5) is 0 Å². The molecular formula is C13H11N3. The van der Waals surface area contributed by atoms with Crippen LogP contribution in [-0.2, 0) is 0 Å². The highest BCUT2D eigenvalue weighted by Crippen LogP contribution is 2.20. The zero-order valence-corrected chi connectivity index (χ0v) is 8.96. The van der Waals surface area contributed by atoms with Gasteiger partial charge in [0.1, 0.15) is 5.65 Å². The second kappa shape index (κ2) is 3.45. The summed E-state index contributed by atoms with van der Waals surface area (Å²) in [5, 5.41) is 0. The summed E-state index contributed by atoms with van der Waals surface area (Å²) in [6, 6.07) is 8.08. The molecule has 0 saturated carbocycles. The lowest BCUT2D eigenvalue weighted by molar-refractivity contribution is 1.16. The van der Waals surface area contributed by atoms with Crippen LogP contribution in [0.3, 0.4) is 0 Å². The predicted molar refractivity (Wildman–Crippen MR) is 63.2 cm³/mol. The minimum Gasteiger partial charge on any atom is -0.299 e. The van der Waals surface area contributed by atoms with Crippen molar-refractivity contribution in [1.82, 2.24) is 14.4 Å². The van der Waals surface area contributed by atoms with Gasteiger partial charge in [0, 0.05) is 24.2 Å². The van der Waals surface area contributed by atoms with Crippen molar-refractivity contribution in [3.8, 4) is 11.3 Å². The molecule has 3 heteroatoms. The van der Waals surface area contributed by atoms with Gasteiger partial charge in [0.05, 0.1) is 11.9 Å². The standard InChI is InChI=1S/C13H11N3/c1-10-2-3-13-15-8-12(16(13)9-10)11-4-6-14-7-5-11/h2-9H,1H3. The number of imidazole rings is 1. The molecule has 0 bridgehead atoms. The van der Waals surface area contributed by atoms with Gasteiger partial charge in [0.2, 0.25) is 0 Å². The molecule has 0 aliphatic heterocycles. The third-order valence-electron chi connectivity index (χ3n) is 2.63. The molecule has 3 rings (SSSR count). The fourth-order valence-electron chi connectivity index (χ4n) is 1.82. The van der Waals surface area contributed by atoms with E-state index in [-0.39, 0.29) is 0 Å². The molecule has 78 valence electrons. The first-order chi connectivity index (χ1) is 7.84. The zero-order valence-electron chi connectivity index (χ0n) is 8.96. The number of hydrogen-bond donors (Lipinski definition) is 0. The van der Waals surface area contributed by atoms with Crippen LogP contribution in [0.15, 0.2) is 49.1 Å². The minimum absolute atomic E-state index is 0.970. The molecule has 3 aromatic rings. The van der Waals surface area contributed by atoms with Crippen molar-refractivity contribution in [3.05, 3.63) is 54.6 Å². The van der Waals surface area contributed by atoms with Crippen molar-refractivity contribution < 1.29 is 0 Å². The van der Waals surface area contributed by atoms with Crippen molar-refractivity contribution >= 4 is 5.65 Å². The number of aryl methyl sites for hydroxylation is 1. The van der Waals surface area contributed by atoms with Gasteiger partial charge in [-0.2, -0.15) is 0 Å². The monoisotopic (exact) mass is 209 g/mol. The highest BCUT2D eigenvalue weighted by molar-refractivity contribution is 5.63. The first kappa shape index (κ1) is 9.09. The summed E-state index contributed by atoms with van der Waals surface area (Å²) in [7, 11) is 0. The Morgan fingerprint density at radius 2 is 1.88 bits per heavy atom. The molecule has 0 saturated heterocycles. The first-order valence-electron chi connectivity index (χ1n) is 5.19. The summed E-state index contributed by atoms with van der Waals surface area (Å²) in [6.07, 6.45) is 7.58. The summed E-state index contributed by atoms with van der Waals surface area (Å²) in [5.41, 5.74) is 4.42. The fraction of sp³-hybridized carbons (Fsp3) is 0.0769. The molecule has 0 radical (unpaired) electrons. The maximum absolute atomic E-state index is 4.38. The Bertz CT molecular complexity index is 626. The third kappa shape index (κ3) is 1.37. The Morgan fingerprint density at radius 3 is 2.69 bits per heavy atom. The lowest BCUT2D eigenvalue weighted by Crippen LogP contribution is -1.89. The molecular weight excluding hydrogens is 198 g/mol. The molecule has 0 atom stereocenters. The van der Waals surface area contributed by atoms with Gasteiger partial charge in [-0.1, -0.05) is 6.07 Å². The summed E-state index contributed by atoms with van der Waals surface area (Å²) in [6.45, 7) is 2.08. The lowest BCUT2D eigenvalue weighted by Gasteiger charge is -2.02. The second-order valence-corrected chi connectivity index (χ2v) is 3.81. The van der Waals surface area contributed by atoms with E-state index in [0.717, 1.165) is 16.9 Å². The molecule has 3 aromatic heterocycles. The highest BCUT2D eigenvalue weighted by atomic mass is 15.0. The van der Waals surface area contributed by atoms with Crippen LogP contribution >= 0.6 is 0 Å². The third-order valence-corrected chi connectivity index (χ3v) is 2.63. The number of pyridine rings is 2. The van der Waals surface area contributed by atoms with E-state index >= 15 is 0 Å². The Morgan fingerprint density at radius 1 is 1.06 bits per heavy atom. The maximum atomic E-state index is 4.38. The van der Waals surface area contributed by atoms with Gasteiger partial charge >= 0.3 is 0 Å². The second-order valence-electron chi connectivity index (χ2n) is 3.81. The average molecular weight is 209 g/mol. The van der Waals surface area contributed by atoms with Gasteiger partial charge in [-0.25, -0.2) is 4.98 Å². The van der Waals surface area contributed by atoms with Gasteiger partial charge in [0.15, 0.2) is 0 Å². The molecule has 16 heavy (non-hydrogen) atoms. The van der Waals surface area contributed by atoms with Gasteiger partial charge in [-0.15, -0.1) is 0 Å². The Labute approximate surface area is 93.4 Å². The van der Waals surface area contributed by atoms with Gasteiger partial charge in [-0.05, 0) is 30.7 Å². The number of hydrogen-bond acceptors (Lipinski definition) is 2. The van der Waals surface area contributed by atoms with Crippen LogP contribution in [0.1, 0.15) is 5.56 Å². The van der Waals surface area contributed by atoms with Crippen LogP contribution in [0.25, 0.3) is 16.9 Å². The van der Waals surface area contributed by atoms with E-state index in [9.17, 15) is 0 Å². The van der Waals surface area contributed by atoms with E-state index in [1.807, 2.05) is 24.4 Å². The number of nitrogens with zero attached hydrogens (tertiary/aromatic N) is 3.